The Hall–Kier alpha value is -4.25. The number of aryl methyl sites for hydroxylation is 1. The fourth-order valence-corrected chi connectivity index (χ4v) is 4.07. The zero-order valence-corrected chi connectivity index (χ0v) is 19.8. The predicted octanol–water partition coefficient (Wildman–Crippen LogP) is 4.37. The van der Waals surface area contributed by atoms with Crippen molar-refractivity contribution < 1.29 is 17.5 Å². The average molecular weight is 495 g/mol. The standard InChI is InChI=1S/C24H23FN6O3S/c1-15-11-16(6-8-21(15)34-14-18-5-3-4-10-27-18)29-23-19(25)13-28-24(31-23)30-17-7-9-22(20(26)12-17)35(2,32)33/h3-13H,14,26H2,1-2H3,(H2,28,29,30,31). The molecule has 0 aliphatic rings. The van der Waals surface area contributed by atoms with Crippen LogP contribution in [0.5, 0.6) is 5.75 Å². The minimum absolute atomic E-state index is 0.0215. The van der Waals surface area contributed by atoms with Crippen LogP contribution in [0, 0.1) is 12.7 Å². The molecule has 0 saturated carbocycles. The van der Waals surface area contributed by atoms with E-state index in [4.69, 9.17) is 10.5 Å². The molecule has 0 spiro atoms. The molecule has 0 radical (unpaired) electrons. The molecule has 2 heterocycles. The minimum atomic E-state index is -3.45. The Morgan fingerprint density at radius 3 is 2.49 bits per heavy atom. The molecule has 0 saturated heterocycles. The zero-order chi connectivity index (χ0) is 25.0. The van der Waals surface area contributed by atoms with Gasteiger partial charge < -0.3 is 21.1 Å². The van der Waals surface area contributed by atoms with Gasteiger partial charge in [-0.1, -0.05) is 6.07 Å². The maximum Gasteiger partial charge on any atom is 0.229 e. The Morgan fingerprint density at radius 2 is 1.80 bits per heavy atom. The highest BCUT2D eigenvalue weighted by Gasteiger charge is 2.13. The van der Waals surface area contributed by atoms with Gasteiger partial charge in [0.05, 0.1) is 22.5 Å². The van der Waals surface area contributed by atoms with Crippen molar-refractivity contribution in [2.75, 3.05) is 22.6 Å². The number of nitrogen functional groups attached to an aromatic ring is 1. The summed E-state index contributed by atoms with van der Waals surface area (Å²) >= 11 is 0. The van der Waals surface area contributed by atoms with Crippen LogP contribution in [0.25, 0.3) is 0 Å². The van der Waals surface area contributed by atoms with E-state index in [9.17, 15) is 12.8 Å². The van der Waals surface area contributed by atoms with E-state index in [1.54, 1.807) is 18.3 Å². The Bertz CT molecular complexity index is 1470. The summed E-state index contributed by atoms with van der Waals surface area (Å²) in [6.45, 7) is 2.21. The topological polar surface area (TPSA) is 132 Å². The molecule has 2 aromatic heterocycles. The summed E-state index contributed by atoms with van der Waals surface area (Å²) in [6, 6.07) is 15.3. The minimum Gasteiger partial charge on any atom is -0.487 e. The van der Waals surface area contributed by atoms with Crippen LogP contribution in [0.15, 0.2) is 71.9 Å². The smallest absolute Gasteiger partial charge is 0.229 e. The maximum absolute atomic E-state index is 14.4. The lowest BCUT2D eigenvalue weighted by atomic mass is 10.2. The molecular weight excluding hydrogens is 471 g/mol. The first-order valence-corrected chi connectivity index (χ1v) is 12.4. The van der Waals surface area contributed by atoms with Gasteiger partial charge in [0, 0.05) is 23.8 Å². The van der Waals surface area contributed by atoms with Crippen LogP contribution >= 0.6 is 0 Å². The van der Waals surface area contributed by atoms with Gasteiger partial charge in [-0.25, -0.2) is 17.8 Å². The monoisotopic (exact) mass is 494 g/mol. The second kappa shape index (κ2) is 9.94. The number of pyridine rings is 1. The number of aromatic nitrogens is 3. The maximum atomic E-state index is 14.4. The molecule has 0 unspecified atom stereocenters. The Morgan fingerprint density at radius 1 is 1.03 bits per heavy atom. The molecule has 4 N–H and O–H groups in total. The van der Waals surface area contributed by atoms with Gasteiger partial charge >= 0.3 is 0 Å². The molecule has 9 nitrogen and oxygen atoms in total. The number of halogens is 1. The van der Waals surface area contributed by atoms with Crippen molar-refractivity contribution in [3.8, 4) is 5.75 Å². The van der Waals surface area contributed by atoms with Gasteiger partial charge in [-0.3, -0.25) is 4.98 Å². The second-order valence-corrected chi connectivity index (χ2v) is 9.74. The van der Waals surface area contributed by atoms with Crippen LogP contribution in [0.2, 0.25) is 0 Å². The van der Waals surface area contributed by atoms with Crippen molar-refractivity contribution in [3.05, 3.63) is 84.1 Å². The third-order valence-corrected chi connectivity index (χ3v) is 6.12. The number of sulfone groups is 1. The highest BCUT2D eigenvalue weighted by atomic mass is 32.2. The molecule has 0 aliphatic carbocycles. The summed E-state index contributed by atoms with van der Waals surface area (Å²) in [6.07, 6.45) is 3.81. The Labute approximate surface area is 202 Å². The van der Waals surface area contributed by atoms with Crippen molar-refractivity contribution in [1.29, 1.82) is 0 Å². The van der Waals surface area contributed by atoms with Crippen LogP contribution in [0.1, 0.15) is 11.3 Å². The number of rotatable bonds is 8. The van der Waals surface area contributed by atoms with E-state index in [0.29, 0.717) is 23.7 Å². The summed E-state index contributed by atoms with van der Waals surface area (Å²) in [5.41, 5.74) is 8.66. The van der Waals surface area contributed by atoms with Crippen LogP contribution in [-0.4, -0.2) is 29.6 Å². The first-order chi connectivity index (χ1) is 16.7. The fourth-order valence-electron chi connectivity index (χ4n) is 3.27. The van der Waals surface area contributed by atoms with Gasteiger partial charge in [0.2, 0.25) is 5.95 Å². The SMILES string of the molecule is Cc1cc(Nc2nc(Nc3ccc(S(C)(=O)=O)c(N)c3)ncc2F)ccc1OCc1ccccn1. The van der Waals surface area contributed by atoms with Gasteiger partial charge in [-0.05, 0) is 61.0 Å². The van der Waals surface area contributed by atoms with Gasteiger partial charge in [0.15, 0.2) is 21.5 Å². The first kappa shape index (κ1) is 23.9. The van der Waals surface area contributed by atoms with Crippen molar-refractivity contribution in [2.24, 2.45) is 0 Å². The molecule has 4 aromatic rings. The first-order valence-electron chi connectivity index (χ1n) is 10.5. The molecule has 0 atom stereocenters. The number of nitrogens with zero attached hydrogens (tertiary/aromatic N) is 3. The molecule has 180 valence electrons. The number of hydrogen-bond acceptors (Lipinski definition) is 9. The number of nitrogens with two attached hydrogens (primary N) is 1. The average Bonchev–Trinajstić information content (AvgIpc) is 2.80. The van der Waals surface area contributed by atoms with Gasteiger partial charge in [0.1, 0.15) is 12.4 Å². The van der Waals surface area contributed by atoms with Crippen LogP contribution in [0.3, 0.4) is 0 Å². The van der Waals surface area contributed by atoms with E-state index < -0.39 is 15.7 Å². The Balaban J connectivity index is 1.47. The van der Waals surface area contributed by atoms with Crippen LogP contribution < -0.4 is 21.1 Å². The van der Waals surface area contributed by atoms with Crippen molar-refractivity contribution >= 4 is 38.7 Å². The third kappa shape index (κ3) is 6.01. The molecule has 0 aliphatic heterocycles. The molecular formula is C24H23FN6O3S. The number of anilines is 5. The summed E-state index contributed by atoms with van der Waals surface area (Å²) < 4.78 is 43.7. The number of hydrogen-bond donors (Lipinski definition) is 3. The van der Waals surface area contributed by atoms with Gasteiger partial charge in [-0.2, -0.15) is 4.98 Å². The van der Waals surface area contributed by atoms with Crippen molar-refractivity contribution in [1.82, 2.24) is 15.0 Å². The molecule has 0 amide bonds. The van der Waals surface area contributed by atoms with Crippen LogP contribution in [-0.2, 0) is 16.4 Å². The van der Waals surface area contributed by atoms with E-state index in [-0.39, 0.29) is 22.3 Å². The number of ether oxygens (including phenoxy) is 1. The summed E-state index contributed by atoms with van der Waals surface area (Å²) in [7, 11) is -3.45. The summed E-state index contributed by atoms with van der Waals surface area (Å²) in [4.78, 5) is 12.4. The number of benzene rings is 2. The zero-order valence-electron chi connectivity index (χ0n) is 19.0. The lowest BCUT2D eigenvalue weighted by Gasteiger charge is -2.13. The highest BCUT2D eigenvalue weighted by Crippen LogP contribution is 2.27. The lowest BCUT2D eigenvalue weighted by molar-refractivity contribution is 0.299. The lowest BCUT2D eigenvalue weighted by Crippen LogP contribution is -2.05. The van der Waals surface area contributed by atoms with E-state index in [0.717, 1.165) is 23.7 Å². The summed E-state index contributed by atoms with van der Waals surface area (Å²) in [5.74, 6) is 0.106. The Kier molecular flexibility index (Phi) is 6.78. The van der Waals surface area contributed by atoms with E-state index in [1.807, 2.05) is 31.2 Å². The normalized spacial score (nSPS) is 11.2. The predicted molar refractivity (Wildman–Crippen MR) is 132 cm³/mol. The largest absolute Gasteiger partial charge is 0.487 e. The fraction of sp³-hybridized carbons (Fsp3) is 0.125. The third-order valence-electron chi connectivity index (χ3n) is 4.95. The number of nitrogens with one attached hydrogen (secondary N) is 2. The van der Waals surface area contributed by atoms with Gasteiger partial charge in [0.25, 0.3) is 0 Å². The highest BCUT2D eigenvalue weighted by molar-refractivity contribution is 7.90. The van der Waals surface area contributed by atoms with Crippen molar-refractivity contribution in [3.63, 3.8) is 0 Å². The van der Waals surface area contributed by atoms with E-state index >= 15 is 0 Å². The molecule has 11 heteroatoms. The molecule has 0 bridgehead atoms. The molecule has 2 aromatic carbocycles. The molecule has 4 rings (SSSR count). The molecule has 0 fully saturated rings. The van der Waals surface area contributed by atoms with Crippen molar-refractivity contribution in [2.45, 2.75) is 18.4 Å². The van der Waals surface area contributed by atoms with E-state index in [2.05, 4.69) is 25.6 Å². The quantitative estimate of drug-likeness (QED) is 0.305. The summed E-state index contributed by atoms with van der Waals surface area (Å²) in [5, 5.41) is 5.84. The van der Waals surface area contributed by atoms with Crippen LogP contribution in [0.4, 0.5) is 33.2 Å². The van der Waals surface area contributed by atoms with E-state index in [1.165, 1.54) is 18.2 Å². The van der Waals surface area contributed by atoms with Gasteiger partial charge in [-0.15, -0.1) is 0 Å². The molecule has 35 heavy (non-hydrogen) atoms. The second-order valence-electron chi connectivity index (χ2n) is 7.75.